The van der Waals surface area contributed by atoms with E-state index in [1.807, 2.05) is 45.0 Å². The predicted octanol–water partition coefficient (Wildman–Crippen LogP) is 5.63. The van der Waals surface area contributed by atoms with E-state index in [4.69, 9.17) is 23.2 Å². The highest BCUT2D eigenvalue weighted by Crippen LogP contribution is 2.23. The van der Waals surface area contributed by atoms with Gasteiger partial charge in [0.1, 0.15) is 6.04 Å². The number of amides is 2. The molecule has 29 heavy (non-hydrogen) atoms. The summed E-state index contributed by atoms with van der Waals surface area (Å²) in [5.41, 5.74) is 1.21. The number of hydrogen-bond donors (Lipinski definition) is 1. The van der Waals surface area contributed by atoms with E-state index in [1.54, 1.807) is 30.0 Å². The Bertz CT molecular complexity index is 879. The maximum atomic E-state index is 13.2. The molecule has 0 radical (unpaired) electrons. The second kappa shape index (κ2) is 9.96. The average Bonchev–Trinajstić information content (AvgIpc) is 2.61. The number of benzene rings is 2. The minimum Gasteiger partial charge on any atom is -0.350 e. The highest BCUT2D eigenvalue weighted by atomic mass is 79.9. The first-order valence-corrected chi connectivity index (χ1v) is 10.8. The summed E-state index contributed by atoms with van der Waals surface area (Å²) in [7, 11) is 0. The molecule has 2 rings (SSSR count). The van der Waals surface area contributed by atoms with Crippen molar-refractivity contribution in [2.75, 3.05) is 0 Å². The van der Waals surface area contributed by atoms with E-state index in [-0.39, 0.29) is 18.2 Å². The van der Waals surface area contributed by atoms with Crippen molar-refractivity contribution in [2.45, 2.75) is 52.2 Å². The van der Waals surface area contributed by atoms with Gasteiger partial charge in [-0.15, -0.1) is 0 Å². The molecular formula is C22H25BrCl2N2O2. The van der Waals surface area contributed by atoms with Gasteiger partial charge in [0.05, 0.1) is 6.42 Å². The van der Waals surface area contributed by atoms with Crippen molar-refractivity contribution in [3.8, 4) is 0 Å². The third-order valence-electron chi connectivity index (χ3n) is 4.29. The van der Waals surface area contributed by atoms with Gasteiger partial charge in [-0.2, -0.15) is 0 Å². The highest BCUT2D eigenvalue weighted by Gasteiger charge is 2.28. The molecule has 4 nitrogen and oxygen atoms in total. The van der Waals surface area contributed by atoms with Crippen LogP contribution in [0, 0.1) is 0 Å². The van der Waals surface area contributed by atoms with E-state index in [0.717, 1.165) is 10.0 Å². The molecule has 156 valence electrons. The summed E-state index contributed by atoms with van der Waals surface area (Å²) >= 11 is 15.6. The molecule has 0 aliphatic rings. The average molecular weight is 500 g/mol. The lowest BCUT2D eigenvalue weighted by atomic mass is 10.1. The Labute approximate surface area is 190 Å². The number of carbonyl (C=O) groups excluding carboxylic acids is 2. The van der Waals surface area contributed by atoms with Gasteiger partial charge in [0.15, 0.2) is 0 Å². The van der Waals surface area contributed by atoms with E-state index in [0.29, 0.717) is 22.2 Å². The van der Waals surface area contributed by atoms with E-state index in [9.17, 15) is 9.59 Å². The van der Waals surface area contributed by atoms with Crippen molar-refractivity contribution in [3.63, 3.8) is 0 Å². The van der Waals surface area contributed by atoms with Gasteiger partial charge in [-0.3, -0.25) is 9.59 Å². The maximum absolute atomic E-state index is 13.2. The zero-order valence-corrected chi connectivity index (χ0v) is 20.0. The van der Waals surface area contributed by atoms with Gasteiger partial charge in [-0.05, 0) is 63.1 Å². The third-order valence-corrected chi connectivity index (χ3v) is 5.40. The van der Waals surface area contributed by atoms with Crippen LogP contribution in [0.2, 0.25) is 10.0 Å². The van der Waals surface area contributed by atoms with Crippen LogP contribution in [-0.2, 0) is 22.6 Å². The van der Waals surface area contributed by atoms with Crippen LogP contribution in [0.3, 0.4) is 0 Å². The minimum absolute atomic E-state index is 0.0830. The normalized spacial score (nSPS) is 12.4. The largest absolute Gasteiger partial charge is 0.350 e. The van der Waals surface area contributed by atoms with Gasteiger partial charge in [0.25, 0.3) is 0 Å². The smallest absolute Gasteiger partial charge is 0.242 e. The van der Waals surface area contributed by atoms with Crippen LogP contribution in [0.1, 0.15) is 38.8 Å². The van der Waals surface area contributed by atoms with Crippen LogP contribution < -0.4 is 5.32 Å². The third kappa shape index (κ3) is 7.32. The molecule has 0 saturated heterocycles. The van der Waals surface area contributed by atoms with Crippen molar-refractivity contribution in [1.29, 1.82) is 0 Å². The number of hydrogen-bond acceptors (Lipinski definition) is 2. The van der Waals surface area contributed by atoms with Crippen LogP contribution in [0.4, 0.5) is 0 Å². The molecule has 7 heteroatoms. The van der Waals surface area contributed by atoms with Crippen LogP contribution in [0.25, 0.3) is 0 Å². The maximum Gasteiger partial charge on any atom is 0.242 e. The van der Waals surface area contributed by atoms with Gasteiger partial charge < -0.3 is 10.2 Å². The number of nitrogens with one attached hydrogen (secondary N) is 1. The lowest BCUT2D eigenvalue weighted by Gasteiger charge is -2.31. The van der Waals surface area contributed by atoms with Crippen molar-refractivity contribution < 1.29 is 9.59 Å². The minimum atomic E-state index is -0.642. The molecule has 1 N–H and O–H groups in total. The fourth-order valence-electron chi connectivity index (χ4n) is 2.77. The molecule has 0 saturated carbocycles. The SMILES string of the molecule is CC(C(=O)NC(C)(C)C)N(Cc1ccc(Br)cc1)C(=O)Cc1ccc(Cl)cc1Cl. The molecule has 0 fully saturated rings. The first-order chi connectivity index (χ1) is 13.5. The quantitative estimate of drug-likeness (QED) is 0.559. The molecule has 2 amide bonds. The summed E-state index contributed by atoms with van der Waals surface area (Å²) in [6.45, 7) is 7.78. The second-order valence-electron chi connectivity index (χ2n) is 7.98. The van der Waals surface area contributed by atoms with Crippen molar-refractivity contribution >= 4 is 50.9 Å². The fraction of sp³-hybridized carbons (Fsp3) is 0.364. The summed E-state index contributed by atoms with van der Waals surface area (Å²) < 4.78 is 0.950. The summed E-state index contributed by atoms with van der Waals surface area (Å²) in [6, 6.07) is 12.1. The molecule has 0 spiro atoms. The molecule has 0 aliphatic heterocycles. The van der Waals surface area contributed by atoms with Crippen LogP contribution in [-0.4, -0.2) is 28.3 Å². The molecule has 1 unspecified atom stereocenters. The Hall–Kier alpha value is -1.56. The Morgan fingerprint density at radius 2 is 1.72 bits per heavy atom. The number of nitrogens with zero attached hydrogens (tertiary/aromatic N) is 1. The van der Waals surface area contributed by atoms with E-state index < -0.39 is 11.6 Å². The molecule has 1 atom stereocenters. The lowest BCUT2D eigenvalue weighted by molar-refractivity contribution is -0.140. The van der Waals surface area contributed by atoms with Crippen LogP contribution in [0.5, 0.6) is 0 Å². The zero-order valence-electron chi connectivity index (χ0n) is 16.9. The van der Waals surface area contributed by atoms with Crippen molar-refractivity contribution in [2.24, 2.45) is 0 Å². The summed E-state index contributed by atoms with van der Waals surface area (Å²) in [6.07, 6.45) is 0.0830. The summed E-state index contributed by atoms with van der Waals surface area (Å²) in [4.78, 5) is 27.5. The summed E-state index contributed by atoms with van der Waals surface area (Å²) in [5.74, 6) is -0.390. The molecule has 0 aromatic heterocycles. The second-order valence-corrected chi connectivity index (χ2v) is 9.74. The highest BCUT2D eigenvalue weighted by molar-refractivity contribution is 9.10. The molecule has 0 bridgehead atoms. The molecular weight excluding hydrogens is 475 g/mol. The van der Waals surface area contributed by atoms with Gasteiger partial charge in [-0.25, -0.2) is 0 Å². The number of halogens is 3. The summed E-state index contributed by atoms with van der Waals surface area (Å²) in [5, 5.41) is 3.89. The number of rotatable bonds is 6. The molecule has 0 aliphatic carbocycles. The Kier molecular flexibility index (Phi) is 8.15. The number of carbonyl (C=O) groups is 2. The standard InChI is InChI=1S/C22H25BrCl2N2O2/c1-14(21(29)26-22(2,3)4)27(13-15-5-8-17(23)9-6-15)20(28)11-16-7-10-18(24)12-19(16)25/h5-10,12,14H,11,13H2,1-4H3,(H,26,29). The first-order valence-electron chi connectivity index (χ1n) is 9.26. The molecule has 0 heterocycles. The van der Waals surface area contributed by atoms with Crippen molar-refractivity contribution in [3.05, 3.63) is 68.1 Å². The van der Waals surface area contributed by atoms with E-state index >= 15 is 0 Å². The van der Waals surface area contributed by atoms with Gasteiger partial charge in [0.2, 0.25) is 11.8 Å². The van der Waals surface area contributed by atoms with Crippen LogP contribution in [0.15, 0.2) is 46.9 Å². The van der Waals surface area contributed by atoms with Crippen molar-refractivity contribution in [1.82, 2.24) is 10.2 Å². The Morgan fingerprint density at radius 3 is 2.28 bits per heavy atom. The predicted molar refractivity (Wildman–Crippen MR) is 122 cm³/mol. The van der Waals surface area contributed by atoms with Crippen LogP contribution >= 0.6 is 39.1 Å². The Balaban J connectivity index is 2.27. The lowest BCUT2D eigenvalue weighted by Crippen LogP contribution is -2.52. The topological polar surface area (TPSA) is 49.4 Å². The van der Waals surface area contributed by atoms with Gasteiger partial charge in [0, 0.05) is 26.6 Å². The van der Waals surface area contributed by atoms with E-state index in [1.165, 1.54) is 0 Å². The first kappa shape index (κ1) is 23.7. The van der Waals surface area contributed by atoms with E-state index in [2.05, 4.69) is 21.2 Å². The molecule has 2 aromatic carbocycles. The molecule has 2 aromatic rings. The zero-order chi connectivity index (χ0) is 21.8. The Morgan fingerprint density at radius 1 is 1.10 bits per heavy atom. The monoisotopic (exact) mass is 498 g/mol. The van der Waals surface area contributed by atoms with Gasteiger partial charge in [-0.1, -0.05) is 57.3 Å². The van der Waals surface area contributed by atoms with Gasteiger partial charge >= 0.3 is 0 Å². The fourth-order valence-corrected chi connectivity index (χ4v) is 3.51.